The van der Waals surface area contributed by atoms with Gasteiger partial charge in [0.1, 0.15) is 11.6 Å². The Labute approximate surface area is 149 Å². The molecule has 6 nitrogen and oxygen atoms in total. The van der Waals surface area contributed by atoms with Crippen LogP contribution in [0.4, 0.5) is 17.2 Å². The lowest BCUT2D eigenvalue weighted by atomic mass is 10.1. The number of aromatic nitrogens is 3. The van der Waals surface area contributed by atoms with Crippen molar-refractivity contribution in [1.82, 2.24) is 15.0 Å². The molecule has 3 aromatic rings. The van der Waals surface area contributed by atoms with Crippen molar-refractivity contribution in [2.75, 3.05) is 17.3 Å². The van der Waals surface area contributed by atoms with E-state index in [0.717, 1.165) is 33.8 Å². The van der Waals surface area contributed by atoms with E-state index in [9.17, 15) is 4.21 Å². The van der Waals surface area contributed by atoms with Crippen LogP contribution in [-0.2, 0) is 10.8 Å². The third kappa shape index (κ3) is 4.73. The Bertz CT molecular complexity index is 894. The zero-order valence-electron chi connectivity index (χ0n) is 14.3. The molecule has 25 heavy (non-hydrogen) atoms. The van der Waals surface area contributed by atoms with Crippen molar-refractivity contribution in [2.24, 2.45) is 0 Å². The molecule has 0 saturated heterocycles. The van der Waals surface area contributed by atoms with Gasteiger partial charge in [0.2, 0.25) is 0 Å². The van der Waals surface area contributed by atoms with Crippen molar-refractivity contribution in [3.05, 3.63) is 48.7 Å². The number of aryl methyl sites for hydroxylation is 1. The first-order chi connectivity index (χ1) is 12.0. The molecule has 1 fully saturated rings. The van der Waals surface area contributed by atoms with E-state index in [1.165, 1.54) is 12.8 Å². The Morgan fingerprint density at radius 2 is 1.88 bits per heavy atom. The molecule has 2 aromatic heterocycles. The van der Waals surface area contributed by atoms with Crippen LogP contribution in [-0.4, -0.2) is 30.7 Å². The smallest absolute Gasteiger partial charge is 0.138 e. The van der Waals surface area contributed by atoms with Crippen molar-refractivity contribution in [3.63, 3.8) is 0 Å². The Kier molecular flexibility index (Phi) is 5.23. The molecule has 0 bridgehead atoms. The average Bonchev–Trinajstić information content (AvgIpc) is 3.43. The molecule has 1 saturated carbocycles. The van der Waals surface area contributed by atoms with Gasteiger partial charge in [-0.05, 0) is 49.4 Å². The van der Waals surface area contributed by atoms with Gasteiger partial charge in [-0.15, -0.1) is 0 Å². The summed E-state index contributed by atoms with van der Waals surface area (Å²) in [5, 5.41) is 5.85. The fourth-order valence-electron chi connectivity index (χ4n) is 2.29. The maximum atomic E-state index is 10.3. The average molecular weight is 355 g/mol. The summed E-state index contributed by atoms with van der Waals surface area (Å²) in [7, 11) is -0.506. The quantitative estimate of drug-likeness (QED) is 0.701. The maximum Gasteiger partial charge on any atom is 0.138 e. The molecule has 2 heterocycles. The minimum absolute atomic E-state index is 0.506. The summed E-state index contributed by atoms with van der Waals surface area (Å²) in [6.45, 7) is 1.85. The van der Waals surface area contributed by atoms with Gasteiger partial charge in [-0.2, -0.15) is 0 Å². The number of hydrogen-bond donors (Lipinski definition) is 2. The van der Waals surface area contributed by atoms with Crippen LogP contribution < -0.4 is 11.1 Å². The van der Waals surface area contributed by atoms with Crippen molar-refractivity contribution in [3.8, 4) is 0 Å². The van der Waals surface area contributed by atoms with Gasteiger partial charge in [-0.25, -0.2) is 15.0 Å². The van der Waals surface area contributed by atoms with Crippen LogP contribution in [0, 0.1) is 6.92 Å². The molecule has 0 radical (unpaired) electrons. The lowest BCUT2D eigenvalue weighted by Crippen LogP contribution is -1.97. The Balaban J connectivity index is 0.000000258. The third-order valence-electron chi connectivity index (χ3n) is 3.83. The van der Waals surface area contributed by atoms with Crippen LogP contribution in [0.15, 0.2) is 42.9 Å². The van der Waals surface area contributed by atoms with Gasteiger partial charge in [0, 0.05) is 39.6 Å². The van der Waals surface area contributed by atoms with Crippen LogP contribution >= 0.6 is 0 Å². The molecule has 130 valence electrons. The molecule has 1 aliphatic carbocycles. The summed E-state index contributed by atoms with van der Waals surface area (Å²) in [5.74, 6) is 1.51. The number of hydrogen-bond acceptors (Lipinski definition) is 6. The number of nitrogens with two attached hydrogens (primary N) is 1. The van der Waals surface area contributed by atoms with Gasteiger partial charge in [0.25, 0.3) is 0 Å². The van der Waals surface area contributed by atoms with Crippen LogP contribution in [0.5, 0.6) is 0 Å². The van der Waals surface area contributed by atoms with Gasteiger partial charge in [0.15, 0.2) is 0 Å². The summed E-state index contributed by atoms with van der Waals surface area (Å²) in [6.07, 6.45) is 9.39. The molecule has 3 N–H and O–H groups in total. The fraction of sp³-hybridized carbons (Fsp3) is 0.278. The Morgan fingerprint density at radius 1 is 1.16 bits per heavy atom. The molecule has 4 rings (SSSR count). The number of anilines is 3. The number of nitrogens with zero attached hydrogens (tertiary/aromatic N) is 3. The van der Waals surface area contributed by atoms with E-state index in [-0.39, 0.29) is 0 Å². The predicted molar refractivity (Wildman–Crippen MR) is 103 cm³/mol. The van der Waals surface area contributed by atoms with Gasteiger partial charge in [0.05, 0.1) is 18.1 Å². The van der Waals surface area contributed by atoms with E-state index in [2.05, 4.69) is 20.3 Å². The number of fused-ring (bicyclic) bond motifs is 1. The highest BCUT2D eigenvalue weighted by molar-refractivity contribution is 7.85. The molecule has 0 spiro atoms. The third-order valence-corrected chi connectivity index (χ3v) is 5.24. The van der Waals surface area contributed by atoms with Crippen LogP contribution in [0.3, 0.4) is 0 Å². The lowest BCUT2D eigenvalue weighted by molar-refractivity contribution is 0.686. The minimum atomic E-state index is -0.506. The number of rotatable bonds is 3. The number of pyridine rings is 1. The van der Waals surface area contributed by atoms with Crippen LogP contribution in [0.25, 0.3) is 10.8 Å². The second-order valence-corrected chi connectivity index (χ2v) is 7.65. The maximum absolute atomic E-state index is 10.3. The van der Waals surface area contributed by atoms with Crippen molar-refractivity contribution >= 4 is 38.8 Å². The Hall–Kier alpha value is -2.54. The van der Waals surface area contributed by atoms with Crippen LogP contribution in [0.1, 0.15) is 18.7 Å². The van der Waals surface area contributed by atoms with Gasteiger partial charge in [-0.1, -0.05) is 0 Å². The highest BCUT2D eigenvalue weighted by Gasteiger charge is 2.24. The van der Waals surface area contributed by atoms with Gasteiger partial charge in [-0.3, -0.25) is 4.21 Å². The van der Waals surface area contributed by atoms with Crippen LogP contribution in [0.2, 0.25) is 0 Å². The van der Waals surface area contributed by atoms with E-state index in [1.807, 2.05) is 31.2 Å². The van der Waals surface area contributed by atoms with Crippen molar-refractivity contribution < 1.29 is 4.21 Å². The molecule has 1 aromatic carbocycles. The number of nitrogen functional groups attached to an aromatic ring is 1. The summed E-state index contributed by atoms with van der Waals surface area (Å²) in [5.41, 5.74) is 7.33. The molecule has 0 aliphatic heterocycles. The summed E-state index contributed by atoms with van der Waals surface area (Å²) >= 11 is 0. The first kappa shape index (κ1) is 17.3. The number of nitrogens with one attached hydrogen (secondary N) is 1. The fourth-order valence-corrected chi connectivity index (χ4v) is 3.09. The predicted octanol–water partition coefficient (Wildman–Crippen LogP) is 3.19. The second-order valence-electron chi connectivity index (χ2n) is 5.98. The minimum Gasteiger partial charge on any atom is -0.399 e. The molecular formula is C18H21N5OS. The SMILES string of the molecule is CS(=O)C1CC1.Cc1ncc(Nc2nccc3cc(N)ccc23)cn1. The van der Waals surface area contributed by atoms with E-state index in [0.29, 0.717) is 5.25 Å². The standard InChI is InChI=1S/C14H13N5.C4H8OS/c1-9-17-7-12(8-18-9)19-14-13-3-2-11(15)6-10(13)4-5-16-14;1-6(5)4-2-3-4/h2-8H,15H2,1H3,(H,16,19);4H,2-3H2,1H3. The lowest BCUT2D eigenvalue weighted by Gasteiger charge is -2.08. The summed E-state index contributed by atoms with van der Waals surface area (Å²) in [6, 6.07) is 7.67. The molecule has 1 unspecified atom stereocenters. The first-order valence-electron chi connectivity index (χ1n) is 8.05. The highest BCUT2D eigenvalue weighted by atomic mass is 32.2. The summed E-state index contributed by atoms with van der Waals surface area (Å²) in [4.78, 5) is 12.6. The molecule has 1 aliphatic rings. The van der Waals surface area contributed by atoms with Crippen molar-refractivity contribution in [2.45, 2.75) is 25.0 Å². The molecular weight excluding hydrogens is 334 g/mol. The van der Waals surface area contributed by atoms with Crippen molar-refractivity contribution in [1.29, 1.82) is 0 Å². The Morgan fingerprint density at radius 3 is 2.48 bits per heavy atom. The molecule has 1 atom stereocenters. The highest BCUT2D eigenvalue weighted by Crippen LogP contribution is 2.25. The van der Waals surface area contributed by atoms with E-state index < -0.39 is 10.8 Å². The van der Waals surface area contributed by atoms with E-state index in [1.54, 1.807) is 24.8 Å². The topological polar surface area (TPSA) is 93.8 Å². The second kappa shape index (κ2) is 7.57. The van der Waals surface area contributed by atoms with Gasteiger partial charge < -0.3 is 11.1 Å². The van der Waals surface area contributed by atoms with Gasteiger partial charge >= 0.3 is 0 Å². The molecule has 0 amide bonds. The largest absolute Gasteiger partial charge is 0.399 e. The summed E-state index contributed by atoms with van der Waals surface area (Å²) < 4.78 is 10.3. The zero-order chi connectivity index (χ0) is 17.8. The first-order valence-corrected chi connectivity index (χ1v) is 9.67. The van der Waals surface area contributed by atoms with E-state index in [4.69, 9.17) is 5.73 Å². The van der Waals surface area contributed by atoms with E-state index >= 15 is 0 Å². The molecule has 7 heteroatoms. The monoisotopic (exact) mass is 355 g/mol. The zero-order valence-corrected chi connectivity index (χ0v) is 15.1. The number of benzene rings is 1. The normalized spacial score (nSPS) is 14.5.